The molecule has 2 heterocycles. The van der Waals surface area contributed by atoms with Crippen LogP contribution in [0.25, 0.3) is 11.3 Å². The summed E-state index contributed by atoms with van der Waals surface area (Å²) in [6, 6.07) is 17.4. The van der Waals surface area contributed by atoms with E-state index in [0.717, 1.165) is 28.2 Å². The molecule has 30 heavy (non-hydrogen) atoms. The molecule has 0 saturated carbocycles. The molecule has 4 rings (SSSR count). The summed E-state index contributed by atoms with van der Waals surface area (Å²) in [6.45, 7) is 0. The molecule has 10 heteroatoms. The summed E-state index contributed by atoms with van der Waals surface area (Å²) >= 11 is 2.44. The topological polar surface area (TPSA) is 101 Å². The van der Waals surface area contributed by atoms with Gasteiger partial charge in [0.15, 0.2) is 0 Å². The van der Waals surface area contributed by atoms with Crippen molar-refractivity contribution in [3.05, 3.63) is 77.0 Å². The van der Waals surface area contributed by atoms with Crippen molar-refractivity contribution in [1.82, 2.24) is 9.59 Å². The molecular weight excluding hydrogens is 440 g/mol. The molecule has 0 fully saturated rings. The third kappa shape index (κ3) is 4.90. The summed E-state index contributed by atoms with van der Waals surface area (Å²) in [6.07, 6.45) is 0.176. The lowest BCUT2D eigenvalue weighted by atomic mass is 10.1. The molecular formula is C20H16N4O3S3. The van der Waals surface area contributed by atoms with Gasteiger partial charge in [-0.15, -0.1) is 16.4 Å². The number of hydrogen-bond donors (Lipinski definition) is 2. The van der Waals surface area contributed by atoms with Crippen LogP contribution in [0.2, 0.25) is 0 Å². The second kappa shape index (κ2) is 8.74. The SMILES string of the molecule is O=C(Cc1ccc(NS(=O)(=O)c2cccs2)cc1)Nc1ccc(-c2csnn2)cc1. The van der Waals surface area contributed by atoms with Crippen LogP contribution in [0, 0.1) is 0 Å². The summed E-state index contributed by atoms with van der Waals surface area (Å²) in [5, 5.41) is 10.4. The molecule has 0 bridgehead atoms. The first kappa shape index (κ1) is 20.2. The van der Waals surface area contributed by atoms with Crippen LogP contribution in [0.1, 0.15) is 5.56 Å². The number of anilines is 2. The minimum atomic E-state index is -3.59. The first-order valence-electron chi connectivity index (χ1n) is 8.82. The van der Waals surface area contributed by atoms with E-state index >= 15 is 0 Å². The van der Waals surface area contributed by atoms with Crippen molar-refractivity contribution >= 4 is 50.2 Å². The van der Waals surface area contributed by atoms with Gasteiger partial charge >= 0.3 is 0 Å². The van der Waals surface area contributed by atoms with Crippen molar-refractivity contribution in [2.45, 2.75) is 10.6 Å². The van der Waals surface area contributed by atoms with Crippen molar-refractivity contribution in [1.29, 1.82) is 0 Å². The first-order chi connectivity index (χ1) is 14.5. The number of nitrogens with one attached hydrogen (secondary N) is 2. The Morgan fingerprint density at radius 2 is 1.70 bits per heavy atom. The normalized spacial score (nSPS) is 11.2. The van der Waals surface area contributed by atoms with Gasteiger partial charge in [0.05, 0.1) is 6.42 Å². The van der Waals surface area contributed by atoms with Gasteiger partial charge in [0.1, 0.15) is 9.90 Å². The van der Waals surface area contributed by atoms with E-state index in [9.17, 15) is 13.2 Å². The van der Waals surface area contributed by atoms with Gasteiger partial charge in [0.2, 0.25) is 5.91 Å². The highest BCUT2D eigenvalue weighted by atomic mass is 32.2. The number of benzene rings is 2. The summed E-state index contributed by atoms with van der Waals surface area (Å²) in [5.74, 6) is -0.162. The van der Waals surface area contributed by atoms with E-state index < -0.39 is 10.0 Å². The Kier molecular flexibility index (Phi) is 5.88. The second-order valence-electron chi connectivity index (χ2n) is 6.33. The van der Waals surface area contributed by atoms with Gasteiger partial charge in [-0.3, -0.25) is 9.52 Å². The number of thiophene rings is 1. The lowest BCUT2D eigenvalue weighted by molar-refractivity contribution is -0.115. The molecule has 0 saturated heterocycles. The molecule has 2 aromatic heterocycles. The monoisotopic (exact) mass is 456 g/mol. The molecule has 0 radical (unpaired) electrons. The van der Waals surface area contributed by atoms with Gasteiger partial charge in [0.25, 0.3) is 10.0 Å². The van der Waals surface area contributed by atoms with E-state index in [1.165, 1.54) is 11.5 Å². The van der Waals surface area contributed by atoms with E-state index in [-0.39, 0.29) is 16.5 Å². The molecule has 4 aromatic rings. The lowest BCUT2D eigenvalue weighted by Crippen LogP contribution is -2.14. The minimum Gasteiger partial charge on any atom is -0.326 e. The van der Waals surface area contributed by atoms with Crippen LogP contribution in [0.15, 0.2) is 75.6 Å². The zero-order valence-electron chi connectivity index (χ0n) is 15.5. The third-order valence-electron chi connectivity index (χ3n) is 4.16. The van der Waals surface area contributed by atoms with Crippen LogP contribution in [0.4, 0.5) is 11.4 Å². The smallest absolute Gasteiger partial charge is 0.271 e. The number of carbonyl (C=O) groups is 1. The Hall–Kier alpha value is -3.08. The van der Waals surface area contributed by atoms with Crippen molar-refractivity contribution in [2.24, 2.45) is 0 Å². The molecule has 2 aromatic carbocycles. The molecule has 0 aliphatic carbocycles. The third-order valence-corrected chi connectivity index (χ3v) is 7.44. The van der Waals surface area contributed by atoms with Gasteiger partial charge in [-0.2, -0.15) is 0 Å². The molecule has 0 aliphatic rings. The zero-order valence-corrected chi connectivity index (χ0v) is 17.9. The van der Waals surface area contributed by atoms with E-state index in [1.807, 2.05) is 29.6 Å². The fourth-order valence-corrected chi connectivity index (χ4v) is 5.23. The van der Waals surface area contributed by atoms with Crippen LogP contribution in [0.5, 0.6) is 0 Å². The fraction of sp³-hybridized carbons (Fsp3) is 0.0500. The first-order valence-corrected chi connectivity index (χ1v) is 12.0. The van der Waals surface area contributed by atoms with Gasteiger partial charge in [-0.05, 0) is 52.8 Å². The summed E-state index contributed by atoms with van der Waals surface area (Å²) in [7, 11) is -3.59. The van der Waals surface area contributed by atoms with Gasteiger partial charge in [-0.25, -0.2) is 8.42 Å². The maximum atomic E-state index is 12.3. The Balaban J connectivity index is 1.34. The van der Waals surface area contributed by atoms with Gasteiger partial charge in [0, 0.05) is 22.3 Å². The zero-order chi connectivity index (χ0) is 21.0. The quantitative estimate of drug-likeness (QED) is 0.433. The average molecular weight is 457 g/mol. The highest BCUT2D eigenvalue weighted by molar-refractivity contribution is 7.94. The molecule has 0 spiro atoms. The van der Waals surface area contributed by atoms with Crippen LogP contribution in [-0.2, 0) is 21.2 Å². The minimum absolute atomic E-state index is 0.162. The predicted molar refractivity (Wildman–Crippen MR) is 119 cm³/mol. The molecule has 0 unspecified atom stereocenters. The van der Waals surface area contributed by atoms with Gasteiger partial charge < -0.3 is 5.32 Å². The number of rotatable bonds is 7. The Morgan fingerprint density at radius 1 is 0.967 bits per heavy atom. The van der Waals surface area contributed by atoms with E-state index in [4.69, 9.17) is 0 Å². The number of sulfonamides is 1. The lowest BCUT2D eigenvalue weighted by Gasteiger charge is -2.08. The van der Waals surface area contributed by atoms with E-state index in [0.29, 0.717) is 11.4 Å². The number of carbonyl (C=O) groups excluding carboxylic acids is 1. The predicted octanol–water partition coefficient (Wildman–Crippen LogP) is 4.25. The Bertz CT molecular complexity index is 1220. The molecule has 7 nitrogen and oxygen atoms in total. The van der Waals surface area contributed by atoms with Crippen molar-refractivity contribution in [2.75, 3.05) is 10.0 Å². The highest BCUT2D eigenvalue weighted by Gasteiger charge is 2.15. The summed E-state index contributed by atoms with van der Waals surface area (Å²) in [4.78, 5) is 12.3. The maximum Gasteiger partial charge on any atom is 0.271 e. The van der Waals surface area contributed by atoms with E-state index in [1.54, 1.807) is 41.8 Å². The number of aromatic nitrogens is 2. The number of nitrogens with zero attached hydrogens (tertiary/aromatic N) is 2. The van der Waals surface area contributed by atoms with Crippen molar-refractivity contribution < 1.29 is 13.2 Å². The van der Waals surface area contributed by atoms with Crippen LogP contribution in [0.3, 0.4) is 0 Å². The van der Waals surface area contributed by atoms with Crippen molar-refractivity contribution in [3.63, 3.8) is 0 Å². The molecule has 0 aliphatic heterocycles. The average Bonchev–Trinajstić information content (AvgIpc) is 3.44. The van der Waals surface area contributed by atoms with Crippen LogP contribution >= 0.6 is 22.9 Å². The Labute approximate surface area is 181 Å². The number of amides is 1. The summed E-state index contributed by atoms with van der Waals surface area (Å²) < 4.78 is 31.1. The standard InChI is InChI=1S/C20H16N4O3S3/c25-19(21-16-9-5-15(6-10-16)18-13-29-24-22-18)12-14-3-7-17(8-4-14)23-30(26,27)20-2-1-11-28-20/h1-11,13,23H,12H2,(H,21,25). The largest absolute Gasteiger partial charge is 0.326 e. The fourth-order valence-electron chi connectivity index (χ4n) is 2.72. The Morgan fingerprint density at radius 3 is 2.33 bits per heavy atom. The maximum absolute atomic E-state index is 12.3. The second-order valence-corrected chi connectivity index (χ2v) is 9.79. The molecule has 0 atom stereocenters. The summed E-state index contributed by atoms with van der Waals surface area (Å²) in [5.41, 5.74) is 3.64. The highest BCUT2D eigenvalue weighted by Crippen LogP contribution is 2.22. The van der Waals surface area contributed by atoms with Crippen LogP contribution in [-0.4, -0.2) is 23.9 Å². The molecule has 1 amide bonds. The van der Waals surface area contributed by atoms with Gasteiger partial charge in [-0.1, -0.05) is 34.8 Å². The van der Waals surface area contributed by atoms with Crippen molar-refractivity contribution in [3.8, 4) is 11.3 Å². The van der Waals surface area contributed by atoms with Crippen LogP contribution < -0.4 is 10.0 Å². The van der Waals surface area contributed by atoms with E-state index in [2.05, 4.69) is 19.6 Å². The molecule has 2 N–H and O–H groups in total. The molecule has 152 valence electrons. The number of hydrogen-bond acceptors (Lipinski definition) is 7.